The molecule has 5 heteroatoms. The molecule has 0 radical (unpaired) electrons. The molecule has 1 aliphatic rings. The van der Waals surface area contributed by atoms with Gasteiger partial charge in [0.05, 0.1) is 14.2 Å². The van der Waals surface area contributed by atoms with E-state index < -0.39 is 0 Å². The first-order valence-corrected chi connectivity index (χ1v) is 9.94. The van der Waals surface area contributed by atoms with Crippen LogP contribution in [-0.2, 0) is 6.42 Å². The maximum absolute atomic E-state index is 12.8. The predicted molar refractivity (Wildman–Crippen MR) is 113 cm³/mol. The van der Waals surface area contributed by atoms with Crippen LogP contribution in [0.2, 0.25) is 0 Å². The molecule has 1 fully saturated rings. The summed E-state index contributed by atoms with van der Waals surface area (Å²) in [6.45, 7) is 1.18. The van der Waals surface area contributed by atoms with E-state index in [4.69, 9.17) is 9.47 Å². The number of rotatable bonds is 7. The topological polar surface area (TPSA) is 50.8 Å². The first-order chi connectivity index (χ1) is 13.6. The average Bonchev–Trinajstić information content (AvgIpc) is 2.73. The van der Waals surface area contributed by atoms with E-state index in [1.54, 1.807) is 32.4 Å². The standard InChI is InChI=1S/C23H30N2O3/c1-25-15-7-6-9-19(25)13-11-17-8-4-5-10-20(17)24-23(26)18-12-14-21(27-2)22(16-18)28-3/h4-5,8,10,12,14,16,19H,6-7,9,11,13,15H2,1-3H3,(H,24,26). The van der Waals surface area contributed by atoms with E-state index in [1.165, 1.54) is 31.4 Å². The molecule has 3 rings (SSSR count). The summed E-state index contributed by atoms with van der Waals surface area (Å²) in [6.07, 6.45) is 5.94. The maximum Gasteiger partial charge on any atom is 0.255 e. The number of anilines is 1. The van der Waals surface area contributed by atoms with E-state index in [9.17, 15) is 4.79 Å². The zero-order valence-electron chi connectivity index (χ0n) is 17.0. The minimum Gasteiger partial charge on any atom is -0.493 e. The molecule has 1 heterocycles. The van der Waals surface area contributed by atoms with E-state index in [-0.39, 0.29) is 5.91 Å². The van der Waals surface area contributed by atoms with Crippen molar-refractivity contribution in [2.75, 3.05) is 33.1 Å². The van der Waals surface area contributed by atoms with Gasteiger partial charge in [0.25, 0.3) is 5.91 Å². The van der Waals surface area contributed by atoms with Crippen molar-refractivity contribution in [3.05, 3.63) is 53.6 Å². The fraction of sp³-hybridized carbons (Fsp3) is 0.435. The highest BCUT2D eigenvalue weighted by molar-refractivity contribution is 6.05. The van der Waals surface area contributed by atoms with Crippen molar-refractivity contribution in [3.8, 4) is 11.5 Å². The normalized spacial score (nSPS) is 17.2. The minimum atomic E-state index is -0.150. The van der Waals surface area contributed by atoms with Gasteiger partial charge in [0, 0.05) is 17.3 Å². The molecule has 0 aromatic heterocycles. The summed E-state index contributed by atoms with van der Waals surface area (Å²) in [5, 5.41) is 3.07. The molecule has 1 amide bonds. The second-order valence-corrected chi connectivity index (χ2v) is 7.35. The molecule has 2 aromatic carbocycles. The van der Waals surface area contributed by atoms with Gasteiger partial charge in [-0.2, -0.15) is 0 Å². The highest BCUT2D eigenvalue weighted by Gasteiger charge is 2.19. The Labute approximate surface area is 167 Å². The van der Waals surface area contributed by atoms with Crippen molar-refractivity contribution in [1.82, 2.24) is 4.90 Å². The summed E-state index contributed by atoms with van der Waals surface area (Å²) >= 11 is 0. The highest BCUT2D eigenvalue weighted by Crippen LogP contribution is 2.28. The van der Waals surface area contributed by atoms with E-state index in [1.807, 2.05) is 18.2 Å². The number of hydrogen-bond acceptors (Lipinski definition) is 4. The van der Waals surface area contributed by atoms with Crippen molar-refractivity contribution in [2.45, 2.75) is 38.1 Å². The zero-order valence-corrected chi connectivity index (χ0v) is 17.0. The summed E-state index contributed by atoms with van der Waals surface area (Å²) in [6, 6.07) is 13.9. The van der Waals surface area contributed by atoms with Gasteiger partial charge < -0.3 is 19.7 Å². The minimum absolute atomic E-state index is 0.150. The molecule has 0 aliphatic carbocycles. The largest absolute Gasteiger partial charge is 0.493 e. The van der Waals surface area contributed by atoms with Gasteiger partial charge in [-0.15, -0.1) is 0 Å². The number of carbonyl (C=O) groups is 1. The molecule has 1 aliphatic heterocycles. The molecule has 2 aromatic rings. The van der Waals surface area contributed by atoms with E-state index in [0.29, 0.717) is 23.1 Å². The SMILES string of the molecule is COc1ccc(C(=O)Nc2ccccc2CCC2CCCCN2C)cc1OC. The number of aryl methyl sites for hydroxylation is 1. The van der Waals surface area contributed by atoms with Crippen LogP contribution in [0.5, 0.6) is 11.5 Å². The summed E-state index contributed by atoms with van der Waals surface area (Å²) in [4.78, 5) is 15.2. The molecule has 1 N–H and O–H groups in total. The summed E-state index contributed by atoms with van der Waals surface area (Å²) in [7, 11) is 5.36. The van der Waals surface area contributed by atoms with Gasteiger partial charge in [0.15, 0.2) is 11.5 Å². The first kappa shape index (κ1) is 20.2. The Morgan fingerprint density at radius 1 is 1.11 bits per heavy atom. The number of nitrogens with one attached hydrogen (secondary N) is 1. The fourth-order valence-electron chi connectivity index (χ4n) is 3.86. The quantitative estimate of drug-likeness (QED) is 0.772. The van der Waals surface area contributed by atoms with Crippen LogP contribution in [0.4, 0.5) is 5.69 Å². The number of hydrogen-bond donors (Lipinski definition) is 1. The van der Waals surface area contributed by atoms with Crippen LogP contribution in [0.3, 0.4) is 0 Å². The number of ether oxygens (including phenoxy) is 2. The molecule has 0 saturated carbocycles. The molecule has 5 nitrogen and oxygen atoms in total. The first-order valence-electron chi connectivity index (χ1n) is 9.94. The van der Waals surface area contributed by atoms with Gasteiger partial charge in [-0.1, -0.05) is 24.6 Å². The maximum atomic E-state index is 12.8. The molecular formula is C23H30N2O3. The third-order valence-corrected chi connectivity index (χ3v) is 5.58. The number of likely N-dealkylation sites (tertiary alicyclic amines) is 1. The van der Waals surface area contributed by atoms with Crippen LogP contribution in [0.15, 0.2) is 42.5 Å². The van der Waals surface area contributed by atoms with Crippen LogP contribution in [0, 0.1) is 0 Å². The van der Waals surface area contributed by atoms with Crippen LogP contribution >= 0.6 is 0 Å². The van der Waals surface area contributed by atoms with Crippen LogP contribution in [0.25, 0.3) is 0 Å². The van der Waals surface area contributed by atoms with Crippen LogP contribution < -0.4 is 14.8 Å². The smallest absolute Gasteiger partial charge is 0.255 e. The lowest BCUT2D eigenvalue weighted by atomic mass is 9.96. The number of benzene rings is 2. The Morgan fingerprint density at radius 3 is 2.64 bits per heavy atom. The summed E-state index contributed by atoms with van der Waals surface area (Å²) < 4.78 is 10.6. The molecule has 1 atom stereocenters. The molecule has 28 heavy (non-hydrogen) atoms. The fourth-order valence-corrected chi connectivity index (χ4v) is 3.86. The third-order valence-electron chi connectivity index (χ3n) is 5.58. The average molecular weight is 383 g/mol. The zero-order chi connectivity index (χ0) is 19.9. The molecule has 0 spiro atoms. The molecule has 150 valence electrons. The van der Waals surface area contributed by atoms with Crippen molar-refractivity contribution < 1.29 is 14.3 Å². The number of amides is 1. The van der Waals surface area contributed by atoms with Gasteiger partial charge in [-0.25, -0.2) is 0 Å². The number of piperidine rings is 1. The van der Waals surface area contributed by atoms with Gasteiger partial charge in [-0.05, 0) is 69.1 Å². The van der Waals surface area contributed by atoms with Gasteiger partial charge >= 0.3 is 0 Å². The lowest BCUT2D eigenvalue weighted by Crippen LogP contribution is -2.36. The van der Waals surface area contributed by atoms with Crippen molar-refractivity contribution in [2.24, 2.45) is 0 Å². The monoisotopic (exact) mass is 382 g/mol. The Balaban J connectivity index is 1.69. The lowest BCUT2D eigenvalue weighted by Gasteiger charge is -2.32. The highest BCUT2D eigenvalue weighted by atomic mass is 16.5. The predicted octanol–water partition coefficient (Wildman–Crippen LogP) is 4.37. The number of carbonyl (C=O) groups excluding carboxylic acids is 1. The summed E-state index contributed by atoms with van der Waals surface area (Å²) in [5.74, 6) is 1.00. The van der Waals surface area contributed by atoms with E-state index in [0.717, 1.165) is 18.5 Å². The second kappa shape index (κ2) is 9.60. The third kappa shape index (κ3) is 4.84. The summed E-state index contributed by atoms with van der Waals surface area (Å²) in [5.41, 5.74) is 2.59. The van der Waals surface area contributed by atoms with Gasteiger partial charge in [-0.3, -0.25) is 4.79 Å². The van der Waals surface area contributed by atoms with Crippen molar-refractivity contribution in [1.29, 1.82) is 0 Å². The van der Waals surface area contributed by atoms with Gasteiger partial charge in [0.2, 0.25) is 0 Å². The van der Waals surface area contributed by atoms with Crippen LogP contribution in [-0.4, -0.2) is 44.7 Å². The van der Waals surface area contributed by atoms with Gasteiger partial charge in [0.1, 0.15) is 0 Å². The molecule has 0 bridgehead atoms. The van der Waals surface area contributed by atoms with E-state index >= 15 is 0 Å². The number of methoxy groups -OCH3 is 2. The van der Waals surface area contributed by atoms with Crippen molar-refractivity contribution in [3.63, 3.8) is 0 Å². The molecular weight excluding hydrogens is 352 g/mol. The van der Waals surface area contributed by atoms with Crippen molar-refractivity contribution >= 4 is 11.6 Å². The Morgan fingerprint density at radius 2 is 1.89 bits per heavy atom. The molecule has 1 saturated heterocycles. The lowest BCUT2D eigenvalue weighted by molar-refractivity contribution is 0.102. The van der Waals surface area contributed by atoms with Crippen LogP contribution in [0.1, 0.15) is 41.6 Å². The van der Waals surface area contributed by atoms with E-state index in [2.05, 4.69) is 23.3 Å². The Kier molecular flexibility index (Phi) is 6.93. The second-order valence-electron chi connectivity index (χ2n) is 7.35. The Bertz CT molecular complexity index is 806. The number of para-hydroxylation sites is 1. The molecule has 1 unspecified atom stereocenters. The number of nitrogens with zero attached hydrogens (tertiary/aromatic N) is 1. The Hall–Kier alpha value is -2.53.